The predicted molar refractivity (Wildman–Crippen MR) is 96.3 cm³/mol. The van der Waals surface area contributed by atoms with Gasteiger partial charge in [0, 0.05) is 28.4 Å². The number of pyridine rings is 2. The molecule has 2 aromatic heterocycles. The zero-order valence-corrected chi connectivity index (χ0v) is 15.3. The molecule has 27 heavy (non-hydrogen) atoms. The average Bonchev–Trinajstić information content (AvgIpc) is 2.60. The zero-order chi connectivity index (χ0) is 19.4. The first-order valence-corrected chi connectivity index (χ1v) is 7.88. The molecule has 12 heteroatoms. The van der Waals surface area contributed by atoms with Gasteiger partial charge in [0.2, 0.25) is 0 Å². The van der Waals surface area contributed by atoms with Crippen LogP contribution in [0.2, 0.25) is 0 Å². The van der Waals surface area contributed by atoms with Crippen LogP contribution < -0.4 is 0 Å². The summed E-state index contributed by atoms with van der Waals surface area (Å²) in [7, 11) is 0. The van der Waals surface area contributed by atoms with E-state index in [0.717, 1.165) is 17.0 Å². The fourth-order valence-corrected chi connectivity index (χ4v) is 2.78. The first-order valence-electron chi connectivity index (χ1n) is 6.89. The summed E-state index contributed by atoms with van der Waals surface area (Å²) in [4.78, 5) is 26.5. The van der Waals surface area contributed by atoms with Crippen LogP contribution in [0.15, 0.2) is 65.8 Å². The molecule has 0 atom stereocenters. The van der Waals surface area contributed by atoms with Gasteiger partial charge in [-0.3, -0.25) is 9.97 Å². The smallest absolute Gasteiger partial charge is 0.356 e. The van der Waals surface area contributed by atoms with Crippen LogP contribution in [0.5, 0.6) is 0 Å². The van der Waals surface area contributed by atoms with E-state index in [4.69, 9.17) is 30.6 Å². The molecule has 1 aromatic carbocycles. The van der Waals surface area contributed by atoms with Crippen molar-refractivity contribution in [2.75, 3.05) is 0 Å². The fraction of sp³-hybridized carbons (Fsp3) is 0.0667. The predicted octanol–water partition coefficient (Wildman–Crippen LogP) is 3.44. The molecule has 0 fully saturated rings. The fourth-order valence-electron chi connectivity index (χ4n) is 1.83. The number of benzene rings is 1. The molecular weight excluding hydrogens is 423 g/mol. The van der Waals surface area contributed by atoms with Gasteiger partial charge >= 0.3 is 16.8 Å². The van der Waals surface area contributed by atoms with Crippen LogP contribution in [-0.2, 0) is 22.5 Å². The number of aromatic nitrogens is 2. The number of thioether (sulfide) groups is 1. The molecular formula is C15H12CoN4O6S. The Morgan fingerprint density at radius 2 is 1.41 bits per heavy atom. The van der Waals surface area contributed by atoms with E-state index < -0.39 is 10.2 Å². The Kier molecular flexibility index (Phi) is 11.8. The maximum atomic E-state index is 8.25. The van der Waals surface area contributed by atoms with Gasteiger partial charge in [-0.25, -0.2) is 0 Å². The van der Waals surface area contributed by atoms with Gasteiger partial charge in [-0.05, 0) is 24.3 Å². The van der Waals surface area contributed by atoms with Gasteiger partial charge in [0.25, 0.3) is 0 Å². The van der Waals surface area contributed by atoms with Crippen molar-refractivity contribution in [3.8, 4) is 0 Å². The second kappa shape index (κ2) is 13.3. The normalized spacial score (nSPS) is 8.89. The van der Waals surface area contributed by atoms with Gasteiger partial charge in [0.05, 0.1) is 21.4 Å². The molecule has 2 heterocycles. The molecule has 0 spiro atoms. The molecule has 3 aromatic rings. The minimum Gasteiger partial charge on any atom is -0.356 e. The summed E-state index contributed by atoms with van der Waals surface area (Å²) in [5.41, 5.74) is 2.16. The maximum absolute atomic E-state index is 8.25. The third-order valence-corrected chi connectivity index (χ3v) is 3.78. The van der Waals surface area contributed by atoms with Crippen LogP contribution in [0, 0.1) is 30.6 Å². The standard InChI is InChI=1S/C15H12N2S.Co.2NO3/c1-2-9-16-13(7-1)11-18-14-8-3-5-12-6-4-10-17-15(12)14;;2*2-1(3)4/h1-10H,11H2;;;/q;+2;2*-1. The Morgan fingerprint density at radius 3 is 2.00 bits per heavy atom. The molecule has 0 unspecified atom stereocenters. The van der Waals surface area contributed by atoms with Crippen LogP contribution in [0.3, 0.4) is 0 Å². The SMILES string of the molecule is O=[N+]([O-])[O-].O=[N+]([O-])[O-].[Co+2].c1ccc(CSc2cccc3cccnc23)nc1. The van der Waals surface area contributed by atoms with Crippen molar-refractivity contribution in [1.82, 2.24) is 9.97 Å². The summed E-state index contributed by atoms with van der Waals surface area (Å²) in [6.07, 6.45) is 3.67. The molecule has 143 valence electrons. The van der Waals surface area contributed by atoms with Gasteiger partial charge in [0.1, 0.15) is 0 Å². The van der Waals surface area contributed by atoms with Crippen molar-refractivity contribution < 1.29 is 27.0 Å². The molecule has 0 aliphatic heterocycles. The zero-order valence-electron chi connectivity index (χ0n) is 13.5. The van der Waals surface area contributed by atoms with Crippen molar-refractivity contribution in [2.24, 2.45) is 0 Å². The van der Waals surface area contributed by atoms with Gasteiger partial charge in [-0.15, -0.1) is 11.8 Å². The molecule has 0 N–H and O–H groups in total. The Hall–Kier alpha value is -2.96. The molecule has 1 radical (unpaired) electrons. The van der Waals surface area contributed by atoms with E-state index in [1.807, 2.05) is 36.7 Å². The summed E-state index contributed by atoms with van der Waals surface area (Å²) in [6, 6.07) is 16.3. The molecule has 0 amide bonds. The Morgan fingerprint density at radius 1 is 0.815 bits per heavy atom. The van der Waals surface area contributed by atoms with E-state index in [2.05, 4.69) is 34.2 Å². The van der Waals surface area contributed by atoms with Crippen molar-refractivity contribution in [1.29, 1.82) is 0 Å². The molecule has 0 bridgehead atoms. The van der Waals surface area contributed by atoms with Crippen LogP contribution in [-0.4, -0.2) is 20.1 Å². The molecule has 0 saturated heterocycles. The number of hydrogen-bond acceptors (Lipinski definition) is 9. The summed E-state index contributed by atoms with van der Waals surface area (Å²) < 4.78 is 0. The number of para-hydroxylation sites is 1. The minimum absolute atomic E-state index is 0. The topological polar surface area (TPSA) is 158 Å². The number of nitrogens with zero attached hydrogens (tertiary/aromatic N) is 4. The first kappa shape index (κ1) is 24.0. The largest absolute Gasteiger partial charge is 2.00 e. The summed E-state index contributed by atoms with van der Waals surface area (Å²) in [5, 5.41) is 30.7. The Balaban J connectivity index is 0.000000646. The quantitative estimate of drug-likeness (QED) is 0.341. The van der Waals surface area contributed by atoms with Crippen molar-refractivity contribution >= 4 is 22.7 Å². The number of hydrogen-bond donors (Lipinski definition) is 0. The van der Waals surface area contributed by atoms with Gasteiger partial charge in [-0.1, -0.05) is 24.3 Å². The first-order chi connectivity index (χ1) is 12.4. The average molecular weight is 435 g/mol. The van der Waals surface area contributed by atoms with Gasteiger partial charge < -0.3 is 30.6 Å². The maximum Gasteiger partial charge on any atom is 2.00 e. The second-order valence-corrected chi connectivity index (χ2v) is 5.41. The van der Waals surface area contributed by atoms with Crippen molar-refractivity contribution in [2.45, 2.75) is 10.6 Å². The van der Waals surface area contributed by atoms with E-state index in [1.165, 1.54) is 10.3 Å². The van der Waals surface area contributed by atoms with Crippen LogP contribution in [0.25, 0.3) is 10.9 Å². The van der Waals surface area contributed by atoms with E-state index in [-0.39, 0.29) is 16.8 Å². The molecule has 10 nitrogen and oxygen atoms in total. The van der Waals surface area contributed by atoms with E-state index in [1.54, 1.807) is 11.8 Å². The molecule has 0 aliphatic rings. The summed E-state index contributed by atoms with van der Waals surface area (Å²) in [5.74, 6) is 0.872. The molecule has 3 rings (SSSR count). The summed E-state index contributed by atoms with van der Waals surface area (Å²) >= 11 is 1.78. The Bertz CT molecular complexity index is 831. The van der Waals surface area contributed by atoms with E-state index in [9.17, 15) is 0 Å². The van der Waals surface area contributed by atoms with Crippen molar-refractivity contribution in [3.05, 3.63) is 97.3 Å². The van der Waals surface area contributed by atoms with E-state index in [0.29, 0.717) is 0 Å². The van der Waals surface area contributed by atoms with Crippen LogP contribution >= 0.6 is 11.8 Å². The van der Waals surface area contributed by atoms with Gasteiger partial charge in [0.15, 0.2) is 0 Å². The van der Waals surface area contributed by atoms with Gasteiger partial charge in [-0.2, -0.15) is 0 Å². The third-order valence-electron chi connectivity index (χ3n) is 2.70. The monoisotopic (exact) mass is 435 g/mol. The molecule has 0 saturated carbocycles. The Labute approximate surface area is 167 Å². The third kappa shape index (κ3) is 10.6. The summed E-state index contributed by atoms with van der Waals surface area (Å²) in [6.45, 7) is 0. The van der Waals surface area contributed by atoms with Crippen LogP contribution in [0.4, 0.5) is 0 Å². The molecule has 0 aliphatic carbocycles. The van der Waals surface area contributed by atoms with E-state index >= 15 is 0 Å². The minimum atomic E-state index is -1.75. The second-order valence-electron chi connectivity index (χ2n) is 4.39. The number of rotatable bonds is 3. The van der Waals surface area contributed by atoms with Crippen molar-refractivity contribution in [3.63, 3.8) is 0 Å². The van der Waals surface area contributed by atoms with Crippen LogP contribution in [0.1, 0.15) is 5.69 Å². The number of fused-ring (bicyclic) bond motifs is 1.